The number of carbonyl (C=O) groups is 1. The summed E-state index contributed by atoms with van der Waals surface area (Å²) in [6.07, 6.45) is 0. The second-order valence-corrected chi connectivity index (χ2v) is 7.90. The molecule has 4 rings (SSSR count). The maximum Gasteiger partial charge on any atom is 0.257 e. The number of rotatable bonds is 4. The van der Waals surface area contributed by atoms with Crippen LogP contribution in [0, 0.1) is 0 Å². The number of amides is 1. The van der Waals surface area contributed by atoms with E-state index in [2.05, 4.69) is 36.3 Å². The fourth-order valence-electron chi connectivity index (χ4n) is 3.01. The number of aromatic nitrogens is 1. The maximum atomic E-state index is 12.5. The predicted molar refractivity (Wildman–Crippen MR) is 118 cm³/mol. The van der Waals surface area contributed by atoms with Gasteiger partial charge in [-0.05, 0) is 60.0 Å². The Hall–Kier alpha value is -2.82. The van der Waals surface area contributed by atoms with Crippen molar-refractivity contribution in [1.82, 2.24) is 4.98 Å². The maximum absolute atomic E-state index is 12.5. The number of hydrogen-bond acceptors (Lipinski definition) is 3. The molecule has 1 amide bonds. The highest BCUT2D eigenvalue weighted by molar-refractivity contribution is 6.37. The Balaban J connectivity index is 1.59. The van der Waals surface area contributed by atoms with E-state index in [4.69, 9.17) is 27.6 Å². The Morgan fingerprint density at radius 2 is 1.76 bits per heavy atom. The van der Waals surface area contributed by atoms with E-state index in [0.29, 0.717) is 44.2 Å². The van der Waals surface area contributed by atoms with Crippen LogP contribution in [0.2, 0.25) is 10.0 Å². The molecule has 1 aromatic heterocycles. The highest BCUT2D eigenvalue weighted by Crippen LogP contribution is 2.28. The van der Waals surface area contributed by atoms with Crippen LogP contribution in [-0.4, -0.2) is 10.9 Å². The second kappa shape index (κ2) is 7.90. The monoisotopic (exact) mass is 424 g/mol. The molecular formula is C23H18Cl2N2O2. The lowest BCUT2D eigenvalue weighted by atomic mass is 10.0. The van der Waals surface area contributed by atoms with Crippen LogP contribution < -0.4 is 5.32 Å². The molecule has 3 aromatic carbocycles. The molecule has 1 N–H and O–H groups in total. The number of halogens is 2. The molecule has 6 heteroatoms. The molecule has 0 fully saturated rings. The summed E-state index contributed by atoms with van der Waals surface area (Å²) in [5.41, 5.74) is 4.43. The molecule has 0 saturated carbocycles. The summed E-state index contributed by atoms with van der Waals surface area (Å²) in [6.45, 7) is 4.31. The van der Waals surface area contributed by atoms with Gasteiger partial charge >= 0.3 is 0 Å². The average Bonchev–Trinajstić information content (AvgIpc) is 3.11. The number of benzene rings is 3. The van der Waals surface area contributed by atoms with E-state index in [1.807, 2.05) is 12.1 Å². The number of anilines is 1. The van der Waals surface area contributed by atoms with Crippen LogP contribution in [0.1, 0.15) is 35.7 Å². The minimum atomic E-state index is -0.320. The van der Waals surface area contributed by atoms with Crippen molar-refractivity contribution in [2.24, 2.45) is 0 Å². The van der Waals surface area contributed by atoms with E-state index in [0.717, 1.165) is 5.56 Å². The summed E-state index contributed by atoms with van der Waals surface area (Å²) in [5, 5.41) is 3.60. The Labute approximate surface area is 178 Å². The number of fused-ring (bicyclic) bond motifs is 1. The van der Waals surface area contributed by atoms with Gasteiger partial charge in [-0.3, -0.25) is 4.79 Å². The minimum Gasteiger partial charge on any atom is -0.436 e. The predicted octanol–water partition coefficient (Wildman–Crippen LogP) is 7.18. The number of hydrogen-bond donors (Lipinski definition) is 1. The minimum absolute atomic E-state index is 0.296. The third kappa shape index (κ3) is 4.14. The summed E-state index contributed by atoms with van der Waals surface area (Å²) < 4.78 is 5.87. The van der Waals surface area contributed by atoms with Crippen LogP contribution in [0.4, 0.5) is 5.69 Å². The molecule has 4 aromatic rings. The normalized spacial score (nSPS) is 11.2. The van der Waals surface area contributed by atoms with Crippen molar-refractivity contribution in [2.45, 2.75) is 19.8 Å². The van der Waals surface area contributed by atoms with Crippen LogP contribution in [0.25, 0.3) is 22.6 Å². The highest BCUT2D eigenvalue weighted by atomic mass is 35.5. The SMILES string of the molecule is CC(C)c1ccc(-c2nc3cc(NC(=O)c4ccc(Cl)cc4Cl)ccc3o2)cc1. The lowest BCUT2D eigenvalue weighted by molar-refractivity contribution is 0.102. The lowest BCUT2D eigenvalue weighted by Gasteiger charge is -2.06. The van der Waals surface area contributed by atoms with Crippen molar-refractivity contribution in [2.75, 3.05) is 5.32 Å². The van der Waals surface area contributed by atoms with E-state index >= 15 is 0 Å². The standard InChI is InChI=1S/C23H18Cl2N2O2/c1-13(2)14-3-5-15(6-4-14)23-27-20-12-17(8-10-21(20)29-23)26-22(28)18-9-7-16(24)11-19(18)25/h3-13H,1-2H3,(H,26,28). The summed E-state index contributed by atoms with van der Waals surface area (Å²) in [5.74, 6) is 0.687. The van der Waals surface area contributed by atoms with Crippen molar-refractivity contribution in [1.29, 1.82) is 0 Å². The van der Waals surface area contributed by atoms with Crippen LogP contribution in [0.5, 0.6) is 0 Å². The largest absolute Gasteiger partial charge is 0.436 e. The summed E-state index contributed by atoms with van der Waals surface area (Å²) in [7, 11) is 0. The Morgan fingerprint density at radius 3 is 2.45 bits per heavy atom. The van der Waals surface area contributed by atoms with Crippen molar-refractivity contribution in [3.8, 4) is 11.5 Å². The van der Waals surface area contributed by atoms with Gasteiger partial charge in [-0.15, -0.1) is 0 Å². The van der Waals surface area contributed by atoms with Crippen molar-refractivity contribution in [3.63, 3.8) is 0 Å². The zero-order valence-corrected chi connectivity index (χ0v) is 17.4. The smallest absolute Gasteiger partial charge is 0.257 e. The molecule has 0 radical (unpaired) electrons. The van der Waals surface area contributed by atoms with E-state index in [1.54, 1.807) is 30.3 Å². The van der Waals surface area contributed by atoms with E-state index in [-0.39, 0.29) is 5.91 Å². The van der Waals surface area contributed by atoms with Gasteiger partial charge in [-0.1, -0.05) is 49.2 Å². The molecule has 0 aliphatic carbocycles. The van der Waals surface area contributed by atoms with Crippen LogP contribution in [-0.2, 0) is 0 Å². The molecule has 4 nitrogen and oxygen atoms in total. The first-order valence-corrected chi connectivity index (χ1v) is 9.93. The zero-order valence-electron chi connectivity index (χ0n) is 15.9. The topological polar surface area (TPSA) is 55.1 Å². The lowest BCUT2D eigenvalue weighted by Crippen LogP contribution is -2.12. The van der Waals surface area contributed by atoms with Gasteiger partial charge in [0.25, 0.3) is 5.91 Å². The van der Waals surface area contributed by atoms with Gasteiger partial charge in [0.2, 0.25) is 5.89 Å². The molecule has 0 unspecified atom stereocenters. The average molecular weight is 425 g/mol. The Morgan fingerprint density at radius 1 is 1.00 bits per heavy atom. The summed E-state index contributed by atoms with van der Waals surface area (Å²) in [4.78, 5) is 17.1. The first kappa shape index (κ1) is 19.5. The van der Waals surface area contributed by atoms with Crippen molar-refractivity contribution in [3.05, 3.63) is 81.8 Å². The van der Waals surface area contributed by atoms with Crippen molar-refractivity contribution < 1.29 is 9.21 Å². The third-order valence-electron chi connectivity index (χ3n) is 4.65. The van der Waals surface area contributed by atoms with Gasteiger partial charge in [-0.25, -0.2) is 4.98 Å². The molecule has 0 aliphatic heterocycles. The van der Waals surface area contributed by atoms with E-state index in [9.17, 15) is 4.79 Å². The first-order valence-electron chi connectivity index (χ1n) is 9.18. The zero-order chi connectivity index (χ0) is 20.5. The molecule has 0 aliphatic rings. The fourth-order valence-corrected chi connectivity index (χ4v) is 3.51. The number of oxazole rings is 1. The number of nitrogens with zero attached hydrogens (tertiary/aromatic N) is 1. The molecule has 29 heavy (non-hydrogen) atoms. The van der Waals surface area contributed by atoms with Crippen LogP contribution >= 0.6 is 23.2 Å². The van der Waals surface area contributed by atoms with Gasteiger partial charge < -0.3 is 9.73 Å². The molecule has 0 atom stereocenters. The summed E-state index contributed by atoms with van der Waals surface area (Å²) >= 11 is 12.0. The molecule has 146 valence electrons. The molecule has 0 spiro atoms. The molecular weight excluding hydrogens is 407 g/mol. The van der Waals surface area contributed by atoms with Gasteiger partial charge in [-0.2, -0.15) is 0 Å². The first-order chi connectivity index (χ1) is 13.9. The van der Waals surface area contributed by atoms with Gasteiger partial charge in [0.1, 0.15) is 5.52 Å². The Bertz CT molecular complexity index is 1200. The highest BCUT2D eigenvalue weighted by Gasteiger charge is 2.13. The Kier molecular flexibility index (Phi) is 5.31. The van der Waals surface area contributed by atoms with E-state index in [1.165, 1.54) is 11.6 Å². The number of carbonyl (C=O) groups excluding carboxylic acids is 1. The number of nitrogens with one attached hydrogen (secondary N) is 1. The second-order valence-electron chi connectivity index (χ2n) is 7.06. The third-order valence-corrected chi connectivity index (χ3v) is 5.19. The van der Waals surface area contributed by atoms with Crippen LogP contribution in [0.15, 0.2) is 65.1 Å². The summed E-state index contributed by atoms with van der Waals surface area (Å²) in [6, 6.07) is 18.2. The molecule has 0 bridgehead atoms. The van der Waals surface area contributed by atoms with Gasteiger partial charge in [0, 0.05) is 16.3 Å². The quantitative estimate of drug-likeness (QED) is 0.377. The molecule has 0 saturated heterocycles. The molecule has 1 heterocycles. The van der Waals surface area contributed by atoms with Gasteiger partial charge in [0.05, 0.1) is 10.6 Å². The van der Waals surface area contributed by atoms with Crippen LogP contribution in [0.3, 0.4) is 0 Å². The fraction of sp³-hybridized carbons (Fsp3) is 0.130. The van der Waals surface area contributed by atoms with Crippen molar-refractivity contribution >= 4 is 45.9 Å². The van der Waals surface area contributed by atoms with Gasteiger partial charge in [0.15, 0.2) is 5.58 Å². The van der Waals surface area contributed by atoms with E-state index < -0.39 is 0 Å².